The zero-order chi connectivity index (χ0) is 19.4. The average molecular weight is 374 g/mol. The number of hydrogen-bond donors (Lipinski definition) is 1. The van der Waals surface area contributed by atoms with Crippen LogP contribution in [0.5, 0.6) is 0 Å². The number of ether oxygens (including phenoxy) is 1. The molecule has 0 spiro atoms. The first-order valence-corrected chi connectivity index (χ1v) is 10.9. The maximum absolute atomic E-state index is 11.4. The van der Waals surface area contributed by atoms with Crippen LogP contribution in [0.1, 0.15) is 79.1 Å². The highest BCUT2D eigenvalue weighted by atomic mass is 16.5. The molecule has 0 heterocycles. The zero-order valence-electron chi connectivity index (χ0n) is 17.3. The van der Waals surface area contributed by atoms with Crippen LogP contribution in [0.4, 0.5) is 0 Å². The van der Waals surface area contributed by atoms with Crippen molar-refractivity contribution in [3.8, 4) is 0 Å². The van der Waals surface area contributed by atoms with Crippen molar-refractivity contribution in [1.29, 1.82) is 0 Å². The standard InChI is InChI=1S/C23H35NO3/c1-14(24-26)19-7-8-20-18-6-5-16-13-17(27-15(2)25)9-11-22(16,3)21(18)10-12-23(19,20)4/h7,16-18,20-21,26H,5-6,8-13H2,1-4H3. The lowest BCUT2D eigenvalue weighted by molar-refractivity contribution is -0.158. The smallest absolute Gasteiger partial charge is 0.302 e. The molecular formula is C23H35NO3. The summed E-state index contributed by atoms with van der Waals surface area (Å²) < 4.78 is 5.58. The Kier molecular flexibility index (Phi) is 4.67. The highest BCUT2D eigenvalue weighted by Gasteiger charge is 2.59. The third kappa shape index (κ3) is 2.86. The van der Waals surface area contributed by atoms with Gasteiger partial charge in [-0.2, -0.15) is 0 Å². The summed E-state index contributed by atoms with van der Waals surface area (Å²) in [5, 5.41) is 12.9. The van der Waals surface area contributed by atoms with Crippen LogP contribution >= 0.6 is 0 Å². The summed E-state index contributed by atoms with van der Waals surface area (Å²) in [7, 11) is 0. The Hall–Kier alpha value is -1.32. The van der Waals surface area contributed by atoms with Gasteiger partial charge in [-0.25, -0.2) is 0 Å². The molecule has 4 nitrogen and oxygen atoms in total. The van der Waals surface area contributed by atoms with E-state index >= 15 is 0 Å². The van der Waals surface area contributed by atoms with Crippen molar-refractivity contribution < 1.29 is 14.7 Å². The van der Waals surface area contributed by atoms with Gasteiger partial charge in [0.05, 0.1) is 5.71 Å². The molecule has 150 valence electrons. The van der Waals surface area contributed by atoms with Crippen LogP contribution in [-0.4, -0.2) is 23.0 Å². The number of rotatable bonds is 2. The molecule has 1 N–H and O–H groups in total. The average Bonchev–Trinajstić information content (AvgIpc) is 2.98. The van der Waals surface area contributed by atoms with Crippen molar-refractivity contribution >= 4 is 11.7 Å². The number of allylic oxidation sites excluding steroid dienone is 2. The molecular weight excluding hydrogens is 338 g/mol. The molecule has 0 aromatic heterocycles. The Bertz CT molecular complexity index is 683. The Morgan fingerprint density at radius 2 is 1.93 bits per heavy atom. The number of carbonyl (C=O) groups is 1. The molecule has 3 saturated carbocycles. The summed E-state index contributed by atoms with van der Waals surface area (Å²) in [6.45, 7) is 8.42. The van der Waals surface area contributed by atoms with Crippen LogP contribution in [-0.2, 0) is 9.53 Å². The predicted molar refractivity (Wildman–Crippen MR) is 106 cm³/mol. The van der Waals surface area contributed by atoms with Gasteiger partial charge in [-0.1, -0.05) is 25.1 Å². The van der Waals surface area contributed by atoms with E-state index in [2.05, 4.69) is 25.1 Å². The molecule has 4 heteroatoms. The Morgan fingerprint density at radius 3 is 2.63 bits per heavy atom. The molecule has 7 unspecified atom stereocenters. The Balaban J connectivity index is 1.54. The number of fused-ring (bicyclic) bond motifs is 5. The lowest BCUT2D eigenvalue weighted by atomic mass is 9.44. The van der Waals surface area contributed by atoms with E-state index in [-0.39, 0.29) is 17.5 Å². The van der Waals surface area contributed by atoms with Gasteiger partial charge in [-0.05, 0) is 98.4 Å². The van der Waals surface area contributed by atoms with Gasteiger partial charge in [0.2, 0.25) is 0 Å². The first-order chi connectivity index (χ1) is 12.8. The largest absolute Gasteiger partial charge is 0.463 e. The van der Waals surface area contributed by atoms with Crippen LogP contribution in [0.2, 0.25) is 0 Å². The maximum atomic E-state index is 11.4. The molecule has 0 saturated heterocycles. The summed E-state index contributed by atoms with van der Waals surface area (Å²) >= 11 is 0. The molecule has 0 bridgehead atoms. The third-order valence-electron chi connectivity index (χ3n) is 9.07. The SMILES string of the molecule is CC(=O)OC1CCC2(C)C(CCC3C4CC=C(C(C)=NO)C4(C)CCC32)C1. The van der Waals surface area contributed by atoms with Gasteiger partial charge in [0.25, 0.3) is 0 Å². The summed E-state index contributed by atoms with van der Waals surface area (Å²) in [4.78, 5) is 11.4. The fourth-order valence-corrected chi connectivity index (χ4v) is 7.74. The number of nitrogens with zero attached hydrogens (tertiary/aromatic N) is 1. The van der Waals surface area contributed by atoms with E-state index in [1.807, 2.05) is 6.92 Å². The molecule has 0 aromatic carbocycles. The first-order valence-electron chi connectivity index (χ1n) is 10.9. The van der Waals surface area contributed by atoms with Crippen molar-refractivity contribution in [1.82, 2.24) is 0 Å². The van der Waals surface area contributed by atoms with Gasteiger partial charge in [-0.3, -0.25) is 4.79 Å². The summed E-state index contributed by atoms with van der Waals surface area (Å²) in [6, 6.07) is 0. The fraction of sp³-hybridized carbons (Fsp3) is 0.826. The maximum Gasteiger partial charge on any atom is 0.302 e. The molecule has 0 aromatic rings. The topological polar surface area (TPSA) is 58.9 Å². The summed E-state index contributed by atoms with van der Waals surface area (Å²) in [6.07, 6.45) is 11.9. The molecule has 4 aliphatic rings. The van der Waals surface area contributed by atoms with E-state index in [0.29, 0.717) is 17.3 Å². The van der Waals surface area contributed by atoms with Crippen LogP contribution in [0.15, 0.2) is 16.8 Å². The van der Waals surface area contributed by atoms with Crippen LogP contribution in [0.3, 0.4) is 0 Å². The number of hydrogen-bond acceptors (Lipinski definition) is 4. The fourth-order valence-electron chi connectivity index (χ4n) is 7.74. The van der Waals surface area contributed by atoms with Gasteiger partial charge in [-0.15, -0.1) is 0 Å². The van der Waals surface area contributed by atoms with Gasteiger partial charge in [0.1, 0.15) is 6.10 Å². The van der Waals surface area contributed by atoms with Crippen molar-refractivity contribution in [3.05, 3.63) is 11.6 Å². The number of carbonyl (C=O) groups excluding carboxylic acids is 1. The van der Waals surface area contributed by atoms with E-state index in [0.717, 1.165) is 36.8 Å². The second kappa shape index (κ2) is 6.63. The quantitative estimate of drug-likeness (QED) is 0.307. The van der Waals surface area contributed by atoms with Crippen LogP contribution in [0.25, 0.3) is 0 Å². The monoisotopic (exact) mass is 373 g/mol. The van der Waals surface area contributed by atoms with Crippen LogP contribution < -0.4 is 0 Å². The molecule has 0 aliphatic heterocycles. The second-order valence-corrected chi connectivity index (χ2v) is 10.2. The minimum atomic E-state index is -0.129. The van der Waals surface area contributed by atoms with Gasteiger partial charge in [0, 0.05) is 6.92 Å². The molecule has 0 amide bonds. The molecule has 4 aliphatic carbocycles. The highest BCUT2D eigenvalue weighted by Crippen LogP contribution is 2.66. The number of oxime groups is 1. The minimum absolute atomic E-state index is 0.129. The molecule has 7 atom stereocenters. The van der Waals surface area contributed by atoms with E-state index in [9.17, 15) is 10.0 Å². The Labute approximate surface area is 163 Å². The van der Waals surface area contributed by atoms with E-state index < -0.39 is 0 Å². The third-order valence-corrected chi connectivity index (χ3v) is 9.07. The normalized spacial score (nSPS) is 46.7. The minimum Gasteiger partial charge on any atom is -0.463 e. The Morgan fingerprint density at radius 1 is 1.15 bits per heavy atom. The van der Waals surface area contributed by atoms with E-state index in [1.54, 1.807) is 0 Å². The van der Waals surface area contributed by atoms with E-state index in [4.69, 9.17) is 4.74 Å². The molecule has 3 fully saturated rings. The van der Waals surface area contributed by atoms with Gasteiger partial charge < -0.3 is 9.94 Å². The van der Waals surface area contributed by atoms with Gasteiger partial charge >= 0.3 is 5.97 Å². The zero-order valence-corrected chi connectivity index (χ0v) is 17.3. The lowest BCUT2D eigenvalue weighted by Crippen LogP contribution is -2.54. The van der Waals surface area contributed by atoms with Crippen molar-refractivity contribution in [3.63, 3.8) is 0 Å². The first kappa shape index (κ1) is 19.0. The van der Waals surface area contributed by atoms with Crippen LogP contribution in [0, 0.1) is 34.5 Å². The molecule has 4 rings (SSSR count). The highest BCUT2D eigenvalue weighted by molar-refractivity contribution is 5.99. The predicted octanol–water partition coefficient (Wildman–Crippen LogP) is 5.35. The molecule has 27 heavy (non-hydrogen) atoms. The molecule has 0 radical (unpaired) electrons. The second-order valence-electron chi connectivity index (χ2n) is 10.2. The van der Waals surface area contributed by atoms with E-state index in [1.165, 1.54) is 44.6 Å². The van der Waals surface area contributed by atoms with Crippen molar-refractivity contribution in [2.45, 2.75) is 85.2 Å². The lowest BCUT2D eigenvalue weighted by Gasteiger charge is -2.60. The number of esters is 1. The van der Waals surface area contributed by atoms with Gasteiger partial charge in [0.15, 0.2) is 0 Å². The summed E-state index contributed by atoms with van der Waals surface area (Å²) in [5.41, 5.74) is 2.67. The van der Waals surface area contributed by atoms with Crippen molar-refractivity contribution in [2.24, 2.45) is 39.7 Å². The summed E-state index contributed by atoms with van der Waals surface area (Å²) in [5.74, 6) is 2.81. The van der Waals surface area contributed by atoms with Crippen molar-refractivity contribution in [2.75, 3.05) is 0 Å².